The van der Waals surface area contributed by atoms with E-state index in [1.165, 1.54) is 25.7 Å². The van der Waals surface area contributed by atoms with E-state index in [1.54, 1.807) is 0 Å². The highest BCUT2D eigenvalue weighted by molar-refractivity contribution is 4.89. The van der Waals surface area contributed by atoms with E-state index in [0.29, 0.717) is 0 Å². The lowest BCUT2D eigenvalue weighted by molar-refractivity contribution is 0.266. The zero-order valence-corrected chi connectivity index (χ0v) is 10.6. The van der Waals surface area contributed by atoms with Gasteiger partial charge in [0, 0.05) is 6.04 Å². The van der Waals surface area contributed by atoms with Gasteiger partial charge in [0.15, 0.2) is 0 Å². The third kappa shape index (κ3) is 11.5. The van der Waals surface area contributed by atoms with Gasteiger partial charge in [-0.25, -0.2) is 0 Å². The Balaban J connectivity index is 3.25. The molecule has 94 valence electrons. The van der Waals surface area contributed by atoms with Crippen LogP contribution in [0.25, 0.3) is 0 Å². The van der Waals surface area contributed by atoms with Gasteiger partial charge in [0.25, 0.3) is 0 Å². The molecule has 3 N–H and O–H groups in total. The van der Waals surface area contributed by atoms with E-state index in [-0.39, 0.29) is 12.6 Å². The summed E-state index contributed by atoms with van der Waals surface area (Å²) in [5.74, 6) is 0. The number of allylic oxidation sites excluding steroid dienone is 3. The largest absolute Gasteiger partial charge is 0.395 e. The van der Waals surface area contributed by atoms with Crippen molar-refractivity contribution in [3.05, 3.63) is 24.3 Å². The van der Waals surface area contributed by atoms with Gasteiger partial charge in [0.05, 0.1) is 6.61 Å². The van der Waals surface area contributed by atoms with Crippen LogP contribution in [0.5, 0.6) is 0 Å². The minimum atomic E-state index is -0.0964. The molecule has 0 aromatic rings. The minimum Gasteiger partial charge on any atom is -0.395 e. The van der Waals surface area contributed by atoms with Gasteiger partial charge in [0.1, 0.15) is 0 Å². The predicted octanol–water partition coefficient (Wildman–Crippen LogP) is 3.17. The molecule has 16 heavy (non-hydrogen) atoms. The van der Waals surface area contributed by atoms with Gasteiger partial charge < -0.3 is 10.8 Å². The highest BCUT2D eigenvalue weighted by Crippen LogP contribution is 2.01. The van der Waals surface area contributed by atoms with Crippen LogP contribution in [0.15, 0.2) is 24.3 Å². The average molecular weight is 225 g/mol. The number of hydrogen-bond acceptors (Lipinski definition) is 2. The summed E-state index contributed by atoms with van der Waals surface area (Å²) in [6.07, 6.45) is 16.9. The van der Waals surface area contributed by atoms with Gasteiger partial charge in [0.2, 0.25) is 0 Å². The lowest BCUT2D eigenvalue weighted by atomic mass is 10.1. The average Bonchev–Trinajstić information content (AvgIpc) is 2.31. The Labute approximate surface area is 100 Å². The van der Waals surface area contributed by atoms with Crippen LogP contribution in [0.1, 0.15) is 51.9 Å². The van der Waals surface area contributed by atoms with E-state index in [0.717, 1.165) is 19.3 Å². The highest BCUT2D eigenvalue weighted by atomic mass is 16.3. The molecule has 0 aromatic heterocycles. The highest BCUT2D eigenvalue weighted by Gasteiger charge is 1.93. The fourth-order valence-corrected chi connectivity index (χ4v) is 1.40. The first-order valence-electron chi connectivity index (χ1n) is 6.47. The second-order valence-corrected chi connectivity index (χ2v) is 4.19. The lowest BCUT2D eigenvalue weighted by Crippen LogP contribution is -2.22. The normalized spacial score (nSPS) is 13.9. The van der Waals surface area contributed by atoms with Gasteiger partial charge in [-0.05, 0) is 32.1 Å². The standard InChI is InChI=1S/C14H27NO/c1-2-3-4-5-6-7-8-9-10-11-12-14(15)13-16/h6-7,10-11,14,16H,2-5,8-9,12-13,15H2,1H3/b7-6+,11-10+. The van der Waals surface area contributed by atoms with Crippen molar-refractivity contribution in [2.45, 2.75) is 57.9 Å². The summed E-state index contributed by atoms with van der Waals surface area (Å²) in [5.41, 5.74) is 5.57. The fraction of sp³-hybridized carbons (Fsp3) is 0.714. The number of nitrogens with two attached hydrogens (primary N) is 1. The summed E-state index contributed by atoms with van der Waals surface area (Å²) in [6, 6.07) is -0.0964. The fourth-order valence-electron chi connectivity index (χ4n) is 1.40. The zero-order chi connectivity index (χ0) is 12.1. The maximum absolute atomic E-state index is 8.71. The maximum Gasteiger partial charge on any atom is 0.0585 e. The summed E-state index contributed by atoms with van der Waals surface area (Å²) in [6.45, 7) is 2.30. The monoisotopic (exact) mass is 225 g/mol. The van der Waals surface area contributed by atoms with Crippen molar-refractivity contribution in [3.8, 4) is 0 Å². The van der Waals surface area contributed by atoms with Crippen LogP contribution in [0.3, 0.4) is 0 Å². The van der Waals surface area contributed by atoms with E-state index >= 15 is 0 Å². The number of unbranched alkanes of at least 4 members (excludes halogenated alkanes) is 4. The van der Waals surface area contributed by atoms with E-state index in [4.69, 9.17) is 10.8 Å². The summed E-state index contributed by atoms with van der Waals surface area (Å²) in [5, 5.41) is 8.71. The quantitative estimate of drug-likeness (QED) is 0.443. The first-order valence-corrected chi connectivity index (χ1v) is 6.47. The van der Waals surface area contributed by atoms with E-state index < -0.39 is 0 Å². The van der Waals surface area contributed by atoms with E-state index in [1.807, 2.05) is 0 Å². The Morgan fingerprint density at radius 2 is 1.62 bits per heavy atom. The topological polar surface area (TPSA) is 46.2 Å². The molecule has 2 nitrogen and oxygen atoms in total. The van der Waals surface area contributed by atoms with Gasteiger partial charge in [-0.3, -0.25) is 0 Å². The first kappa shape index (κ1) is 15.4. The van der Waals surface area contributed by atoms with Gasteiger partial charge in [-0.1, -0.05) is 44.1 Å². The number of aliphatic hydroxyl groups excluding tert-OH is 1. The van der Waals surface area contributed by atoms with Crippen LogP contribution in [-0.2, 0) is 0 Å². The Bertz CT molecular complexity index is 187. The summed E-state index contributed by atoms with van der Waals surface area (Å²) < 4.78 is 0. The number of hydrogen-bond donors (Lipinski definition) is 2. The molecule has 0 heterocycles. The molecule has 0 aromatic carbocycles. The van der Waals surface area contributed by atoms with Crippen molar-refractivity contribution < 1.29 is 5.11 Å². The van der Waals surface area contributed by atoms with E-state index in [9.17, 15) is 0 Å². The molecular formula is C14H27NO. The summed E-state index contributed by atoms with van der Waals surface area (Å²) in [7, 11) is 0. The molecule has 0 saturated heterocycles. The van der Waals surface area contributed by atoms with Crippen molar-refractivity contribution in [2.24, 2.45) is 5.73 Å². The van der Waals surface area contributed by atoms with Crippen molar-refractivity contribution >= 4 is 0 Å². The number of rotatable bonds is 10. The third-order valence-electron chi connectivity index (χ3n) is 2.48. The molecular weight excluding hydrogens is 198 g/mol. The van der Waals surface area contributed by atoms with Crippen LogP contribution in [0, 0.1) is 0 Å². The molecule has 0 aliphatic carbocycles. The van der Waals surface area contributed by atoms with Crippen LogP contribution in [0.2, 0.25) is 0 Å². The summed E-state index contributed by atoms with van der Waals surface area (Å²) in [4.78, 5) is 0. The molecule has 1 atom stereocenters. The van der Waals surface area contributed by atoms with Crippen LogP contribution in [0.4, 0.5) is 0 Å². The van der Waals surface area contributed by atoms with Crippen molar-refractivity contribution in [1.29, 1.82) is 0 Å². The molecule has 0 saturated carbocycles. The SMILES string of the molecule is CCCCC/C=C/CC/C=C/CC(N)CO. The molecule has 0 spiro atoms. The lowest BCUT2D eigenvalue weighted by Gasteiger charge is -2.01. The molecule has 0 amide bonds. The van der Waals surface area contributed by atoms with Crippen LogP contribution < -0.4 is 5.73 Å². The van der Waals surface area contributed by atoms with Crippen molar-refractivity contribution in [1.82, 2.24) is 0 Å². The molecule has 0 aliphatic heterocycles. The predicted molar refractivity (Wildman–Crippen MR) is 71.3 cm³/mol. The van der Waals surface area contributed by atoms with Crippen LogP contribution in [-0.4, -0.2) is 17.8 Å². The second kappa shape index (κ2) is 12.5. The first-order chi connectivity index (χ1) is 7.81. The van der Waals surface area contributed by atoms with Crippen molar-refractivity contribution in [2.75, 3.05) is 6.61 Å². The Morgan fingerprint density at radius 3 is 2.25 bits per heavy atom. The smallest absolute Gasteiger partial charge is 0.0585 e. The minimum absolute atomic E-state index is 0.0711. The van der Waals surface area contributed by atoms with Crippen molar-refractivity contribution in [3.63, 3.8) is 0 Å². The molecule has 0 radical (unpaired) electrons. The molecule has 1 unspecified atom stereocenters. The Kier molecular flexibility index (Phi) is 12.0. The van der Waals surface area contributed by atoms with Gasteiger partial charge in [-0.2, -0.15) is 0 Å². The molecule has 0 bridgehead atoms. The molecule has 2 heteroatoms. The number of aliphatic hydroxyl groups is 1. The Morgan fingerprint density at radius 1 is 1.00 bits per heavy atom. The molecule has 0 fully saturated rings. The Hall–Kier alpha value is -0.600. The maximum atomic E-state index is 8.71. The summed E-state index contributed by atoms with van der Waals surface area (Å²) >= 11 is 0. The third-order valence-corrected chi connectivity index (χ3v) is 2.48. The zero-order valence-electron chi connectivity index (χ0n) is 10.6. The van der Waals surface area contributed by atoms with Gasteiger partial charge in [-0.15, -0.1) is 0 Å². The molecule has 0 aliphatic rings. The van der Waals surface area contributed by atoms with Gasteiger partial charge >= 0.3 is 0 Å². The van der Waals surface area contributed by atoms with Crippen LogP contribution >= 0.6 is 0 Å². The molecule has 0 rings (SSSR count). The van der Waals surface area contributed by atoms with E-state index in [2.05, 4.69) is 31.2 Å². The second-order valence-electron chi connectivity index (χ2n) is 4.19.